The first-order valence-corrected chi connectivity index (χ1v) is 8.24. The molecule has 0 aliphatic rings. The fourth-order valence-electron chi connectivity index (χ4n) is 2.63. The molecule has 3 aromatic rings. The molecule has 0 radical (unpaired) electrons. The van der Waals surface area contributed by atoms with E-state index in [1.165, 1.54) is 17.0 Å². The maximum absolute atomic E-state index is 12.5. The average Bonchev–Trinajstić information content (AvgIpc) is 3.00. The van der Waals surface area contributed by atoms with Crippen LogP contribution in [0.15, 0.2) is 41.5 Å². The van der Waals surface area contributed by atoms with Crippen LogP contribution in [-0.2, 0) is 7.05 Å². The van der Waals surface area contributed by atoms with Crippen LogP contribution in [0, 0.1) is 6.92 Å². The highest BCUT2D eigenvalue weighted by molar-refractivity contribution is 6.00. The molecule has 0 saturated heterocycles. The molecule has 0 atom stereocenters. The van der Waals surface area contributed by atoms with Crippen molar-refractivity contribution in [2.75, 3.05) is 5.32 Å². The second-order valence-corrected chi connectivity index (χ2v) is 6.25. The quantitative estimate of drug-likeness (QED) is 0.775. The Labute approximate surface area is 150 Å². The zero-order valence-corrected chi connectivity index (χ0v) is 15.1. The lowest BCUT2D eigenvalue weighted by molar-refractivity contribution is 0.101. The van der Waals surface area contributed by atoms with E-state index in [2.05, 4.69) is 34.2 Å². The fraction of sp³-hybridized carbons (Fsp3) is 0.278. The van der Waals surface area contributed by atoms with Crippen LogP contribution in [0.4, 0.5) is 5.82 Å². The zero-order valence-electron chi connectivity index (χ0n) is 15.1. The first kappa shape index (κ1) is 17.5. The topological polar surface area (TPSA) is 94.7 Å². The number of nitrogens with zero attached hydrogens (tertiary/aromatic N) is 5. The van der Waals surface area contributed by atoms with E-state index >= 15 is 0 Å². The maximum Gasteiger partial charge on any atom is 0.296 e. The third-order valence-electron chi connectivity index (χ3n) is 4.01. The molecule has 0 bridgehead atoms. The molecule has 2 aromatic heterocycles. The van der Waals surface area contributed by atoms with E-state index in [0.29, 0.717) is 11.7 Å². The molecule has 0 unspecified atom stereocenters. The van der Waals surface area contributed by atoms with Gasteiger partial charge in [0.05, 0.1) is 5.69 Å². The molecule has 1 N–H and O–H groups in total. The van der Waals surface area contributed by atoms with Gasteiger partial charge in [0.2, 0.25) is 5.82 Å². The Kier molecular flexibility index (Phi) is 4.66. The number of rotatable bonds is 4. The van der Waals surface area contributed by atoms with Crippen LogP contribution in [-0.4, -0.2) is 30.2 Å². The molecule has 0 aliphatic heterocycles. The Hall–Kier alpha value is -3.29. The number of hydrogen-bond acceptors (Lipinski definition) is 5. The van der Waals surface area contributed by atoms with Crippen LogP contribution < -0.4 is 10.9 Å². The summed E-state index contributed by atoms with van der Waals surface area (Å²) in [6.45, 7) is 5.96. The number of nitrogens with one attached hydrogen (secondary N) is 1. The number of anilines is 1. The Morgan fingerprint density at radius 3 is 2.69 bits per heavy atom. The predicted octanol–water partition coefficient (Wildman–Crippen LogP) is 2.05. The van der Waals surface area contributed by atoms with Crippen molar-refractivity contribution in [1.82, 2.24) is 24.3 Å². The number of benzene rings is 1. The van der Waals surface area contributed by atoms with Gasteiger partial charge in [-0.15, -0.1) is 5.10 Å². The van der Waals surface area contributed by atoms with Crippen molar-refractivity contribution in [1.29, 1.82) is 0 Å². The van der Waals surface area contributed by atoms with Crippen molar-refractivity contribution >= 4 is 11.7 Å². The van der Waals surface area contributed by atoms with Gasteiger partial charge in [0.1, 0.15) is 5.82 Å². The fourth-order valence-corrected chi connectivity index (χ4v) is 2.63. The Balaban J connectivity index is 1.95. The van der Waals surface area contributed by atoms with Gasteiger partial charge in [0.25, 0.3) is 11.5 Å². The normalized spacial score (nSPS) is 11.0. The molecular formula is C18H20N6O2. The first-order chi connectivity index (χ1) is 12.4. The summed E-state index contributed by atoms with van der Waals surface area (Å²) in [5.41, 5.74) is 1.58. The summed E-state index contributed by atoms with van der Waals surface area (Å²) in [5.74, 6) is 0.218. The molecular weight excluding hydrogens is 332 g/mol. The summed E-state index contributed by atoms with van der Waals surface area (Å²) in [5, 5.41) is 6.80. The second kappa shape index (κ2) is 6.91. The minimum atomic E-state index is -0.579. The van der Waals surface area contributed by atoms with E-state index in [1.807, 2.05) is 24.3 Å². The van der Waals surface area contributed by atoms with E-state index in [0.717, 1.165) is 11.3 Å². The van der Waals surface area contributed by atoms with Gasteiger partial charge in [0, 0.05) is 19.4 Å². The number of para-hydroxylation sites is 1. The van der Waals surface area contributed by atoms with Gasteiger partial charge in [-0.2, -0.15) is 0 Å². The van der Waals surface area contributed by atoms with Crippen molar-refractivity contribution < 1.29 is 4.79 Å². The highest BCUT2D eigenvalue weighted by atomic mass is 16.2. The smallest absolute Gasteiger partial charge is 0.296 e. The van der Waals surface area contributed by atoms with Crippen LogP contribution in [0.5, 0.6) is 0 Å². The maximum atomic E-state index is 12.5. The lowest BCUT2D eigenvalue weighted by atomic mass is 10.0. The average molecular weight is 352 g/mol. The molecule has 8 heteroatoms. The highest BCUT2D eigenvalue weighted by Gasteiger charge is 2.19. The van der Waals surface area contributed by atoms with Gasteiger partial charge in [-0.1, -0.05) is 32.0 Å². The molecule has 3 rings (SSSR count). The van der Waals surface area contributed by atoms with Gasteiger partial charge >= 0.3 is 0 Å². The van der Waals surface area contributed by atoms with Crippen molar-refractivity contribution in [2.24, 2.45) is 7.05 Å². The van der Waals surface area contributed by atoms with Crippen LogP contribution in [0.2, 0.25) is 0 Å². The molecule has 0 aliphatic carbocycles. The van der Waals surface area contributed by atoms with Crippen molar-refractivity contribution in [3.8, 4) is 5.69 Å². The number of amides is 1. The molecule has 134 valence electrons. The van der Waals surface area contributed by atoms with Crippen LogP contribution in [0.1, 0.15) is 41.8 Å². The van der Waals surface area contributed by atoms with Crippen molar-refractivity contribution in [3.63, 3.8) is 0 Å². The van der Waals surface area contributed by atoms with Gasteiger partial charge in [0.15, 0.2) is 5.82 Å². The molecule has 8 nitrogen and oxygen atoms in total. The largest absolute Gasteiger partial charge is 0.314 e. The summed E-state index contributed by atoms with van der Waals surface area (Å²) in [7, 11) is 1.58. The molecule has 1 aromatic carbocycles. The molecule has 2 heterocycles. The van der Waals surface area contributed by atoms with E-state index < -0.39 is 11.5 Å². The lowest BCUT2D eigenvalue weighted by Gasteiger charge is -2.12. The van der Waals surface area contributed by atoms with E-state index in [1.54, 1.807) is 18.7 Å². The van der Waals surface area contributed by atoms with Gasteiger partial charge in [-0.05, 0) is 24.5 Å². The van der Waals surface area contributed by atoms with Gasteiger partial charge in [-0.3, -0.25) is 14.9 Å². The first-order valence-electron chi connectivity index (χ1n) is 8.24. The van der Waals surface area contributed by atoms with Crippen LogP contribution in [0.3, 0.4) is 0 Å². The molecule has 0 spiro atoms. The third kappa shape index (κ3) is 3.26. The van der Waals surface area contributed by atoms with Crippen molar-refractivity contribution in [3.05, 3.63) is 64.2 Å². The molecule has 1 amide bonds. The zero-order chi connectivity index (χ0) is 18.8. The SMILES string of the molecule is Cc1nc(C(=O)Nc2nccn(C)c2=O)nn1-c1ccccc1C(C)C. The van der Waals surface area contributed by atoms with E-state index in [-0.39, 0.29) is 11.6 Å². The summed E-state index contributed by atoms with van der Waals surface area (Å²) >= 11 is 0. The van der Waals surface area contributed by atoms with E-state index in [4.69, 9.17) is 0 Å². The summed E-state index contributed by atoms with van der Waals surface area (Å²) in [6, 6.07) is 7.85. The lowest BCUT2D eigenvalue weighted by Crippen LogP contribution is -2.25. The Morgan fingerprint density at radius 2 is 1.96 bits per heavy atom. The number of hydrogen-bond donors (Lipinski definition) is 1. The highest BCUT2D eigenvalue weighted by Crippen LogP contribution is 2.23. The molecule has 0 saturated carbocycles. The third-order valence-corrected chi connectivity index (χ3v) is 4.01. The van der Waals surface area contributed by atoms with Crippen molar-refractivity contribution in [2.45, 2.75) is 26.7 Å². The van der Waals surface area contributed by atoms with Gasteiger partial charge in [-0.25, -0.2) is 14.6 Å². The molecule has 26 heavy (non-hydrogen) atoms. The van der Waals surface area contributed by atoms with Crippen LogP contribution >= 0.6 is 0 Å². The number of aromatic nitrogens is 5. The summed E-state index contributed by atoms with van der Waals surface area (Å²) < 4.78 is 2.97. The number of carbonyl (C=O) groups excluding carboxylic acids is 1. The monoisotopic (exact) mass is 352 g/mol. The predicted molar refractivity (Wildman–Crippen MR) is 97.6 cm³/mol. The van der Waals surface area contributed by atoms with E-state index in [9.17, 15) is 9.59 Å². The standard InChI is InChI=1S/C18H20N6O2/c1-11(2)13-7-5-6-8-14(13)24-12(3)20-15(22-24)17(25)21-16-18(26)23(4)10-9-19-16/h5-11H,1-4H3,(H,19,21,25). The number of aryl methyl sites for hydroxylation is 2. The van der Waals surface area contributed by atoms with Gasteiger partial charge < -0.3 is 4.57 Å². The molecule has 0 fully saturated rings. The minimum absolute atomic E-state index is 0.0197. The summed E-state index contributed by atoms with van der Waals surface area (Å²) in [4.78, 5) is 32.6. The Morgan fingerprint density at radius 1 is 1.23 bits per heavy atom. The second-order valence-electron chi connectivity index (χ2n) is 6.25. The van der Waals surface area contributed by atoms with Crippen LogP contribution in [0.25, 0.3) is 5.69 Å². The summed E-state index contributed by atoms with van der Waals surface area (Å²) in [6.07, 6.45) is 2.95. The minimum Gasteiger partial charge on any atom is -0.314 e. The number of carbonyl (C=O) groups is 1. The Bertz CT molecular complexity index is 1020.